The molecule has 0 aromatic heterocycles. The second-order valence-corrected chi connectivity index (χ2v) is 7.06. The molecule has 2 saturated heterocycles. The van der Waals surface area contributed by atoms with Crippen molar-refractivity contribution in [3.63, 3.8) is 0 Å². The molecule has 1 saturated carbocycles. The normalized spacial score (nSPS) is 29.3. The predicted octanol–water partition coefficient (Wildman–Crippen LogP) is -0.0369. The van der Waals surface area contributed by atoms with Gasteiger partial charge in [-0.2, -0.15) is 0 Å². The molecule has 2 aliphatic heterocycles. The third-order valence-corrected chi connectivity index (χ3v) is 5.25. The molecule has 2 heterocycles. The highest BCUT2D eigenvalue weighted by Crippen LogP contribution is 2.40. The SMILES string of the molecule is CN(C)C(=O)N1CC(=O)NCC12CCN(C(=O)C1(F)CCC1)C2. The number of carbonyl (C=O) groups excluding carboxylic acids is 3. The Morgan fingerprint density at radius 1 is 1.26 bits per heavy atom. The van der Waals surface area contributed by atoms with Crippen LogP contribution in [0.1, 0.15) is 25.7 Å². The zero-order valence-electron chi connectivity index (χ0n) is 13.6. The van der Waals surface area contributed by atoms with E-state index in [-0.39, 0.29) is 37.9 Å². The van der Waals surface area contributed by atoms with Gasteiger partial charge in [0.15, 0.2) is 5.67 Å². The Balaban J connectivity index is 1.78. The first-order valence-electron chi connectivity index (χ1n) is 8.01. The largest absolute Gasteiger partial charge is 0.352 e. The van der Waals surface area contributed by atoms with Crippen molar-refractivity contribution in [2.24, 2.45) is 0 Å². The maximum atomic E-state index is 14.4. The Kier molecular flexibility index (Phi) is 3.72. The van der Waals surface area contributed by atoms with Gasteiger partial charge < -0.3 is 20.0 Å². The standard InChI is InChI=1S/C15H23FN4O3/c1-18(2)13(23)20-8-11(21)17-9-14(20)6-7-19(10-14)12(22)15(16)4-3-5-15/h3-10H2,1-2H3,(H,17,21). The minimum absolute atomic E-state index is 0.0280. The molecule has 3 aliphatic rings. The molecule has 1 aliphatic carbocycles. The molecule has 0 aromatic carbocycles. The molecule has 0 aromatic rings. The van der Waals surface area contributed by atoms with Gasteiger partial charge in [-0.15, -0.1) is 0 Å². The van der Waals surface area contributed by atoms with Crippen LogP contribution in [0.5, 0.6) is 0 Å². The van der Waals surface area contributed by atoms with Gasteiger partial charge >= 0.3 is 6.03 Å². The highest BCUT2D eigenvalue weighted by Gasteiger charge is 2.54. The number of halogens is 1. The van der Waals surface area contributed by atoms with Crippen LogP contribution in [0, 0.1) is 0 Å². The van der Waals surface area contributed by atoms with Crippen molar-refractivity contribution in [2.75, 3.05) is 40.3 Å². The summed E-state index contributed by atoms with van der Waals surface area (Å²) in [4.78, 5) is 41.0. The van der Waals surface area contributed by atoms with Crippen molar-refractivity contribution in [3.05, 3.63) is 0 Å². The Morgan fingerprint density at radius 2 is 1.96 bits per heavy atom. The number of rotatable bonds is 1. The van der Waals surface area contributed by atoms with E-state index in [0.717, 1.165) is 6.42 Å². The summed E-state index contributed by atoms with van der Waals surface area (Å²) in [5, 5.41) is 2.78. The van der Waals surface area contributed by atoms with Crippen molar-refractivity contribution in [1.29, 1.82) is 0 Å². The number of amides is 4. The Morgan fingerprint density at radius 3 is 2.52 bits per heavy atom. The van der Waals surface area contributed by atoms with E-state index in [1.165, 1.54) is 14.7 Å². The Labute approximate surface area is 134 Å². The van der Waals surface area contributed by atoms with Crippen LogP contribution in [0.3, 0.4) is 0 Å². The molecule has 3 rings (SSSR count). The number of hydrogen-bond acceptors (Lipinski definition) is 3. The first kappa shape index (κ1) is 16.0. The number of nitrogens with one attached hydrogen (secondary N) is 1. The third-order valence-electron chi connectivity index (χ3n) is 5.25. The fraction of sp³-hybridized carbons (Fsp3) is 0.800. The molecule has 1 N–H and O–H groups in total. The highest BCUT2D eigenvalue weighted by atomic mass is 19.1. The summed E-state index contributed by atoms with van der Waals surface area (Å²) < 4.78 is 14.4. The maximum absolute atomic E-state index is 14.4. The smallest absolute Gasteiger partial charge is 0.320 e. The molecule has 0 radical (unpaired) electrons. The molecule has 3 fully saturated rings. The van der Waals surface area contributed by atoms with Crippen LogP contribution in [0.4, 0.5) is 9.18 Å². The van der Waals surface area contributed by atoms with Crippen LogP contribution < -0.4 is 5.32 Å². The van der Waals surface area contributed by atoms with Gasteiger partial charge in [0, 0.05) is 33.7 Å². The summed E-state index contributed by atoms with van der Waals surface area (Å²) in [6.07, 6.45) is 1.86. The molecular weight excluding hydrogens is 303 g/mol. The quantitative estimate of drug-likeness (QED) is 0.735. The van der Waals surface area contributed by atoms with Crippen LogP contribution in [0.25, 0.3) is 0 Å². The number of alkyl halides is 1. The van der Waals surface area contributed by atoms with Gasteiger partial charge in [0.2, 0.25) is 5.91 Å². The first-order chi connectivity index (χ1) is 10.8. The average Bonchev–Trinajstić information content (AvgIpc) is 2.91. The van der Waals surface area contributed by atoms with Gasteiger partial charge in [-0.3, -0.25) is 9.59 Å². The molecule has 8 heteroatoms. The lowest BCUT2D eigenvalue weighted by Gasteiger charge is -2.45. The molecule has 4 amide bonds. The molecule has 128 valence electrons. The van der Waals surface area contributed by atoms with Gasteiger partial charge in [-0.1, -0.05) is 0 Å². The van der Waals surface area contributed by atoms with Gasteiger partial charge in [-0.25, -0.2) is 9.18 Å². The molecule has 1 atom stereocenters. The number of likely N-dealkylation sites (tertiary alicyclic amines) is 1. The number of carbonyl (C=O) groups is 3. The monoisotopic (exact) mass is 326 g/mol. The van der Waals surface area contributed by atoms with E-state index in [0.29, 0.717) is 19.5 Å². The zero-order valence-corrected chi connectivity index (χ0v) is 13.6. The summed E-state index contributed by atoms with van der Waals surface area (Å²) in [5.41, 5.74) is -2.36. The van der Waals surface area contributed by atoms with E-state index in [4.69, 9.17) is 0 Å². The predicted molar refractivity (Wildman–Crippen MR) is 80.4 cm³/mol. The Bertz CT molecular complexity index is 549. The topological polar surface area (TPSA) is 73.0 Å². The van der Waals surface area contributed by atoms with Gasteiger partial charge in [0.1, 0.15) is 6.54 Å². The second kappa shape index (κ2) is 5.35. The molecule has 0 bridgehead atoms. The second-order valence-electron chi connectivity index (χ2n) is 7.06. The summed E-state index contributed by atoms with van der Waals surface area (Å²) in [6, 6.07) is -0.257. The van der Waals surface area contributed by atoms with E-state index in [2.05, 4.69) is 5.32 Å². The van der Waals surface area contributed by atoms with Crippen LogP contribution in [-0.2, 0) is 9.59 Å². The molecular formula is C15H23FN4O3. The van der Waals surface area contributed by atoms with E-state index in [1.54, 1.807) is 14.1 Å². The molecule has 7 nitrogen and oxygen atoms in total. The third kappa shape index (κ3) is 2.53. The molecule has 23 heavy (non-hydrogen) atoms. The minimum Gasteiger partial charge on any atom is -0.352 e. The number of hydrogen-bond donors (Lipinski definition) is 1. The van der Waals surface area contributed by atoms with Gasteiger partial charge in [0.05, 0.1) is 5.54 Å². The van der Waals surface area contributed by atoms with E-state index in [9.17, 15) is 18.8 Å². The summed E-state index contributed by atoms with van der Waals surface area (Å²) in [5.74, 6) is -0.675. The summed E-state index contributed by atoms with van der Waals surface area (Å²) >= 11 is 0. The first-order valence-corrected chi connectivity index (χ1v) is 8.01. The van der Waals surface area contributed by atoms with Crippen molar-refractivity contribution >= 4 is 17.8 Å². The molecule has 1 unspecified atom stereocenters. The van der Waals surface area contributed by atoms with E-state index in [1.807, 2.05) is 0 Å². The van der Waals surface area contributed by atoms with Crippen LogP contribution >= 0.6 is 0 Å². The van der Waals surface area contributed by atoms with Crippen LogP contribution in [0.2, 0.25) is 0 Å². The van der Waals surface area contributed by atoms with Crippen molar-refractivity contribution in [1.82, 2.24) is 20.0 Å². The van der Waals surface area contributed by atoms with E-state index >= 15 is 0 Å². The van der Waals surface area contributed by atoms with Crippen LogP contribution in [0.15, 0.2) is 0 Å². The van der Waals surface area contributed by atoms with Crippen LogP contribution in [-0.4, -0.2) is 84.0 Å². The van der Waals surface area contributed by atoms with Crippen molar-refractivity contribution in [3.8, 4) is 0 Å². The number of urea groups is 1. The van der Waals surface area contributed by atoms with Crippen molar-refractivity contribution in [2.45, 2.75) is 36.9 Å². The average molecular weight is 326 g/mol. The van der Waals surface area contributed by atoms with E-state index < -0.39 is 17.1 Å². The summed E-state index contributed by atoms with van der Waals surface area (Å²) in [6.45, 7) is 0.962. The zero-order chi connectivity index (χ0) is 16.8. The van der Waals surface area contributed by atoms with Gasteiger partial charge in [-0.05, 0) is 25.7 Å². The Hall–Kier alpha value is -1.86. The number of piperazine rings is 1. The lowest BCUT2D eigenvalue weighted by molar-refractivity contribution is -0.149. The van der Waals surface area contributed by atoms with Crippen molar-refractivity contribution < 1.29 is 18.8 Å². The molecule has 1 spiro atoms. The lowest BCUT2D eigenvalue weighted by atomic mass is 9.81. The fourth-order valence-electron chi connectivity index (χ4n) is 3.62. The summed E-state index contributed by atoms with van der Waals surface area (Å²) in [7, 11) is 3.26. The minimum atomic E-state index is -1.72. The highest BCUT2D eigenvalue weighted by molar-refractivity contribution is 5.88. The number of nitrogens with zero attached hydrogens (tertiary/aromatic N) is 3. The maximum Gasteiger partial charge on any atom is 0.320 e. The lowest BCUT2D eigenvalue weighted by Crippen LogP contribution is -2.67. The fourth-order valence-corrected chi connectivity index (χ4v) is 3.62. The van der Waals surface area contributed by atoms with Gasteiger partial charge in [0.25, 0.3) is 5.91 Å².